The van der Waals surface area contributed by atoms with Gasteiger partial charge in [-0.25, -0.2) is 0 Å². The van der Waals surface area contributed by atoms with Gasteiger partial charge in [0.2, 0.25) is 0 Å². The maximum Gasteiger partial charge on any atom is 0.0917 e. The van der Waals surface area contributed by atoms with E-state index in [-0.39, 0.29) is 0 Å². The number of anilines is 1. The second-order valence-corrected chi connectivity index (χ2v) is 6.32. The predicted molar refractivity (Wildman–Crippen MR) is 70.6 cm³/mol. The molecular formula is C11H17BrN2S. The lowest BCUT2D eigenvalue weighted by molar-refractivity contribution is 0.154. The molecule has 0 aromatic carbocycles. The van der Waals surface area contributed by atoms with Gasteiger partial charge in [-0.2, -0.15) is 0 Å². The zero-order valence-corrected chi connectivity index (χ0v) is 11.4. The quantitative estimate of drug-likeness (QED) is 0.923. The van der Waals surface area contributed by atoms with Crippen LogP contribution in [-0.4, -0.2) is 20.1 Å². The van der Waals surface area contributed by atoms with Gasteiger partial charge in [-0.3, -0.25) is 0 Å². The number of rotatable bonds is 4. The zero-order chi connectivity index (χ0) is 10.9. The minimum atomic E-state index is 0.394. The van der Waals surface area contributed by atoms with Crippen LogP contribution in [0.1, 0.15) is 19.3 Å². The number of hydrogen-bond donors (Lipinski definition) is 1. The third kappa shape index (κ3) is 2.37. The van der Waals surface area contributed by atoms with Crippen LogP contribution in [0.2, 0.25) is 0 Å². The van der Waals surface area contributed by atoms with Gasteiger partial charge >= 0.3 is 0 Å². The summed E-state index contributed by atoms with van der Waals surface area (Å²) in [6.45, 7) is 1.92. The maximum atomic E-state index is 5.87. The number of hydrogen-bond acceptors (Lipinski definition) is 3. The van der Waals surface area contributed by atoms with E-state index in [4.69, 9.17) is 5.73 Å². The first-order chi connectivity index (χ1) is 7.15. The van der Waals surface area contributed by atoms with Gasteiger partial charge in [0.15, 0.2) is 0 Å². The number of nitrogens with zero attached hydrogens (tertiary/aromatic N) is 1. The van der Waals surface area contributed by atoms with Crippen molar-refractivity contribution in [1.29, 1.82) is 0 Å². The van der Waals surface area contributed by atoms with Gasteiger partial charge in [0, 0.05) is 28.9 Å². The Labute approximate surface area is 104 Å². The van der Waals surface area contributed by atoms with Crippen molar-refractivity contribution in [2.75, 3.05) is 25.0 Å². The molecule has 0 amide bonds. The first-order valence-corrected chi connectivity index (χ1v) is 6.98. The van der Waals surface area contributed by atoms with Gasteiger partial charge in [-0.15, -0.1) is 11.3 Å². The largest absolute Gasteiger partial charge is 0.366 e. The molecule has 0 spiro atoms. The van der Waals surface area contributed by atoms with E-state index in [1.54, 1.807) is 11.3 Å². The minimum absolute atomic E-state index is 0.394. The SMILES string of the molecule is CN(CC1(CN)CCC1)c1cc(Br)cs1. The standard InChI is InChI=1S/C11H17BrN2S/c1-14(10-5-9(12)6-15-10)8-11(7-13)3-2-4-11/h5-6H,2-4,7-8,13H2,1H3. The molecule has 1 heterocycles. The van der Waals surface area contributed by atoms with Crippen molar-refractivity contribution in [3.63, 3.8) is 0 Å². The van der Waals surface area contributed by atoms with Crippen LogP contribution in [0.25, 0.3) is 0 Å². The Morgan fingerprint density at radius 2 is 2.33 bits per heavy atom. The Morgan fingerprint density at radius 3 is 2.73 bits per heavy atom. The highest BCUT2D eigenvalue weighted by atomic mass is 79.9. The predicted octanol–water partition coefficient (Wildman–Crippen LogP) is 3.08. The summed E-state index contributed by atoms with van der Waals surface area (Å²) in [4.78, 5) is 2.33. The van der Waals surface area contributed by atoms with Gasteiger partial charge < -0.3 is 10.6 Å². The average molecular weight is 289 g/mol. The van der Waals surface area contributed by atoms with Crippen molar-refractivity contribution < 1.29 is 0 Å². The zero-order valence-electron chi connectivity index (χ0n) is 9.00. The van der Waals surface area contributed by atoms with Crippen LogP contribution in [-0.2, 0) is 0 Å². The fourth-order valence-corrected chi connectivity index (χ4v) is 3.58. The Bertz CT molecular complexity index is 328. The van der Waals surface area contributed by atoms with Gasteiger partial charge in [-0.05, 0) is 41.4 Å². The van der Waals surface area contributed by atoms with Crippen LogP contribution in [0.3, 0.4) is 0 Å². The van der Waals surface area contributed by atoms with Crippen molar-refractivity contribution in [3.8, 4) is 0 Å². The van der Waals surface area contributed by atoms with Crippen LogP contribution >= 0.6 is 27.3 Å². The van der Waals surface area contributed by atoms with Crippen molar-refractivity contribution in [2.45, 2.75) is 19.3 Å². The second-order valence-electron chi connectivity index (χ2n) is 4.52. The molecule has 0 unspecified atom stereocenters. The summed E-state index contributed by atoms with van der Waals surface area (Å²) in [6.07, 6.45) is 3.93. The summed E-state index contributed by atoms with van der Waals surface area (Å²) in [7, 11) is 2.16. The lowest BCUT2D eigenvalue weighted by Crippen LogP contribution is -2.46. The number of halogens is 1. The van der Waals surface area contributed by atoms with E-state index in [9.17, 15) is 0 Å². The van der Waals surface area contributed by atoms with Crippen molar-refractivity contribution in [3.05, 3.63) is 15.9 Å². The topological polar surface area (TPSA) is 29.3 Å². The molecule has 1 fully saturated rings. The highest BCUT2D eigenvalue weighted by Crippen LogP contribution is 2.41. The number of thiophene rings is 1. The van der Waals surface area contributed by atoms with Crippen molar-refractivity contribution in [2.24, 2.45) is 11.1 Å². The molecule has 2 N–H and O–H groups in total. The Morgan fingerprint density at radius 1 is 1.60 bits per heavy atom. The third-order valence-electron chi connectivity index (χ3n) is 3.35. The van der Waals surface area contributed by atoms with E-state index >= 15 is 0 Å². The summed E-state index contributed by atoms with van der Waals surface area (Å²) in [5.74, 6) is 0. The van der Waals surface area contributed by atoms with Crippen LogP contribution in [0, 0.1) is 5.41 Å². The van der Waals surface area contributed by atoms with E-state index in [2.05, 4.69) is 39.3 Å². The lowest BCUT2D eigenvalue weighted by atomic mass is 9.68. The average Bonchev–Trinajstić information content (AvgIpc) is 2.58. The van der Waals surface area contributed by atoms with Crippen LogP contribution < -0.4 is 10.6 Å². The van der Waals surface area contributed by atoms with Gasteiger partial charge in [0.1, 0.15) is 0 Å². The lowest BCUT2D eigenvalue weighted by Gasteiger charge is -2.43. The molecule has 0 radical (unpaired) electrons. The molecule has 0 bridgehead atoms. The van der Waals surface area contributed by atoms with Gasteiger partial charge in [0.25, 0.3) is 0 Å². The molecular weight excluding hydrogens is 272 g/mol. The molecule has 4 heteroatoms. The molecule has 0 saturated heterocycles. The van der Waals surface area contributed by atoms with Crippen molar-refractivity contribution in [1.82, 2.24) is 0 Å². The minimum Gasteiger partial charge on any atom is -0.366 e. The highest BCUT2D eigenvalue weighted by molar-refractivity contribution is 9.10. The first-order valence-electron chi connectivity index (χ1n) is 5.30. The van der Waals surface area contributed by atoms with Gasteiger partial charge in [-0.1, -0.05) is 6.42 Å². The molecule has 1 saturated carbocycles. The van der Waals surface area contributed by atoms with Crippen LogP contribution in [0.4, 0.5) is 5.00 Å². The normalized spacial score (nSPS) is 18.6. The molecule has 1 aliphatic rings. The summed E-state index contributed by atoms with van der Waals surface area (Å²) < 4.78 is 1.17. The molecule has 15 heavy (non-hydrogen) atoms. The third-order valence-corrected chi connectivity index (χ3v) is 5.15. The molecule has 1 aromatic rings. The van der Waals surface area contributed by atoms with E-state index in [0.717, 1.165) is 13.1 Å². The Balaban J connectivity index is 1.99. The fraction of sp³-hybridized carbons (Fsp3) is 0.636. The molecule has 0 atom stereocenters. The molecule has 0 aliphatic heterocycles. The monoisotopic (exact) mass is 288 g/mol. The summed E-state index contributed by atoms with van der Waals surface area (Å²) in [5.41, 5.74) is 6.26. The summed E-state index contributed by atoms with van der Waals surface area (Å²) in [6, 6.07) is 2.17. The smallest absolute Gasteiger partial charge is 0.0917 e. The van der Waals surface area contributed by atoms with Crippen molar-refractivity contribution >= 4 is 32.3 Å². The molecule has 2 nitrogen and oxygen atoms in total. The van der Waals surface area contributed by atoms with E-state index < -0.39 is 0 Å². The highest BCUT2D eigenvalue weighted by Gasteiger charge is 2.36. The maximum absolute atomic E-state index is 5.87. The first kappa shape index (κ1) is 11.4. The Kier molecular flexibility index (Phi) is 3.38. The van der Waals surface area contributed by atoms with E-state index in [0.29, 0.717) is 5.41 Å². The Hall–Kier alpha value is -0.0600. The molecule has 1 aromatic heterocycles. The molecule has 1 aliphatic carbocycles. The van der Waals surface area contributed by atoms with E-state index in [1.807, 2.05) is 0 Å². The van der Waals surface area contributed by atoms with Crippen LogP contribution in [0.5, 0.6) is 0 Å². The fourth-order valence-electron chi connectivity index (χ4n) is 2.19. The van der Waals surface area contributed by atoms with Crippen LogP contribution in [0.15, 0.2) is 15.9 Å². The molecule has 2 rings (SSSR count). The summed E-state index contributed by atoms with van der Waals surface area (Å²) in [5, 5.41) is 3.45. The summed E-state index contributed by atoms with van der Waals surface area (Å²) >= 11 is 5.27. The second kappa shape index (κ2) is 4.44. The van der Waals surface area contributed by atoms with Gasteiger partial charge in [0.05, 0.1) is 5.00 Å². The van der Waals surface area contributed by atoms with E-state index in [1.165, 1.54) is 28.7 Å². The molecule has 84 valence electrons. The number of nitrogens with two attached hydrogens (primary N) is 1.